The molecule has 0 aliphatic rings. The van der Waals surface area contributed by atoms with Gasteiger partial charge in [0.1, 0.15) is 5.75 Å². The Morgan fingerprint density at radius 2 is 1.81 bits per heavy atom. The summed E-state index contributed by atoms with van der Waals surface area (Å²) in [5, 5.41) is 13.5. The van der Waals surface area contributed by atoms with Crippen LogP contribution in [-0.4, -0.2) is 17.9 Å². The van der Waals surface area contributed by atoms with Crippen LogP contribution in [0.15, 0.2) is 48.5 Å². The number of nitro benzene ring substituents is 1. The number of amides is 1. The van der Waals surface area contributed by atoms with Crippen LogP contribution in [0, 0.1) is 10.1 Å². The highest BCUT2D eigenvalue weighted by atomic mass is 16.6. The summed E-state index contributed by atoms with van der Waals surface area (Å²) in [7, 11) is 1.43. The maximum absolute atomic E-state index is 12.1. The van der Waals surface area contributed by atoms with Crippen LogP contribution in [0.4, 0.5) is 11.4 Å². The highest BCUT2D eigenvalue weighted by Gasteiger charge is 2.13. The first-order chi connectivity index (χ1) is 12.2. The van der Waals surface area contributed by atoms with Crippen LogP contribution in [0.3, 0.4) is 0 Å². The van der Waals surface area contributed by atoms with Crippen LogP contribution in [0.2, 0.25) is 0 Å². The molecule has 0 radical (unpaired) electrons. The van der Waals surface area contributed by atoms with E-state index >= 15 is 0 Å². The number of hydrogen-bond donors (Lipinski definition) is 1. The number of nitrogens with zero attached hydrogens (tertiary/aromatic N) is 1. The molecule has 0 aliphatic carbocycles. The number of nitro groups is 1. The van der Waals surface area contributed by atoms with E-state index in [9.17, 15) is 14.9 Å². The van der Waals surface area contributed by atoms with Crippen molar-refractivity contribution in [3.63, 3.8) is 0 Å². The average molecular weight is 354 g/mol. The summed E-state index contributed by atoms with van der Waals surface area (Å²) in [5.74, 6) is -0.0458. The van der Waals surface area contributed by atoms with Crippen molar-refractivity contribution in [3.05, 3.63) is 69.8 Å². The molecular weight excluding hydrogens is 332 g/mol. The van der Waals surface area contributed by atoms with Gasteiger partial charge >= 0.3 is 0 Å². The Morgan fingerprint density at radius 1 is 1.15 bits per heavy atom. The number of carbonyl (C=O) groups is 1. The largest absolute Gasteiger partial charge is 0.495 e. The second kappa shape index (κ2) is 7.82. The SMILES string of the molecule is COc1ccc([N+](=O)[O-])cc1NC(=O)/C=C/c1ccc(C(C)(C)C)cc1. The Morgan fingerprint density at radius 3 is 2.35 bits per heavy atom. The van der Waals surface area contributed by atoms with Crippen molar-refractivity contribution < 1.29 is 14.5 Å². The first-order valence-electron chi connectivity index (χ1n) is 8.13. The van der Waals surface area contributed by atoms with E-state index in [0.29, 0.717) is 5.75 Å². The van der Waals surface area contributed by atoms with Gasteiger partial charge in [-0.05, 0) is 28.7 Å². The monoisotopic (exact) mass is 354 g/mol. The van der Waals surface area contributed by atoms with Crippen molar-refractivity contribution in [2.75, 3.05) is 12.4 Å². The van der Waals surface area contributed by atoms with Gasteiger partial charge in [0.05, 0.1) is 17.7 Å². The van der Waals surface area contributed by atoms with Gasteiger partial charge in [-0.15, -0.1) is 0 Å². The van der Waals surface area contributed by atoms with Crippen LogP contribution < -0.4 is 10.1 Å². The lowest BCUT2D eigenvalue weighted by Crippen LogP contribution is -2.10. The summed E-state index contributed by atoms with van der Waals surface area (Å²) in [6, 6.07) is 12.0. The zero-order chi connectivity index (χ0) is 19.3. The number of methoxy groups -OCH3 is 1. The molecule has 6 nitrogen and oxygen atoms in total. The van der Waals surface area contributed by atoms with Gasteiger partial charge < -0.3 is 10.1 Å². The first kappa shape index (κ1) is 19.2. The predicted molar refractivity (Wildman–Crippen MR) is 102 cm³/mol. The second-order valence-corrected chi connectivity index (χ2v) is 6.84. The summed E-state index contributed by atoms with van der Waals surface area (Å²) in [5.41, 5.74) is 2.29. The summed E-state index contributed by atoms with van der Waals surface area (Å²) in [4.78, 5) is 22.5. The number of anilines is 1. The lowest BCUT2D eigenvalue weighted by Gasteiger charge is -2.18. The standard InChI is InChI=1S/C20H22N2O4/c1-20(2,3)15-8-5-14(6-9-15)7-12-19(23)21-17-13-16(22(24)25)10-11-18(17)26-4/h5-13H,1-4H3,(H,21,23)/b12-7+. The molecule has 0 fully saturated rings. The second-order valence-electron chi connectivity index (χ2n) is 6.84. The van der Waals surface area contributed by atoms with Gasteiger partial charge in [-0.1, -0.05) is 45.0 Å². The maximum atomic E-state index is 12.1. The molecule has 0 unspecified atom stereocenters. The number of rotatable bonds is 5. The third-order valence-electron chi connectivity index (χ3n) is 3.86. The number of non-ortho nitro benzene ring substituents is 1. The number of nitrogens with one attached hydrogen (secondary N) is 1. The molecule has 136 valence electrons. The van der Waals surface area contributed by atoms with Gasteiger partial charge in [0.2, 0.25) is 5.91 Å². The summed E-state index contributed by atoms with van der Waals surface area (Å²) in [6.07, 6.45) is 3.07. The van der Waals surface area contributed by atoms with E-state index in [4.69, 9.17) is 4.74 Å². The van der Waals surface area contributed by atoms with Crippen LogP contribution in [-0.2, 0) is 10.2 Å². The minimum atomic E-state index is -0.526. The maximum Gasteiger partial charge on any atom is 0.271 e. The Hall–Kier alpha value is -3.15. The van der Waals surface area contributed by atoms with Gasteiger partial charge in [-0.2, -0.15) is 0 Å². The van der Waals surface area contributed by atoms with E-state index in [-0.39, 0.29) is 16.8 Å². The van der Waals surface area contributed by atoms with Gasteiger partial charge in [-0.3, -0.25) is 14.9 Å². The quantitative estimate of drug-likeness (QED) is 0.485. The smallest absolute Gasteiger partial charge is 0.271 e. The van der Waals surface area contributed by atoms with E-state index in [0.717, 1.165) is 5.56 Å². The van der Waals surface area contributed by atoms with E-state index in [2.05, 4.69) is 26.1 Å². The van der Waals surface area contributed by atoms with Gasteiger partial charge in [-0.25, -0.2) is 0 Å². The molecule has 2 aromatic carbocycles. The third kappa shape index (κ3) is 4.92. The average Bonchev–Trinajstić information content (AvgIpc) is 2.59. The van der Waals surface area contributed by atoms with Gasteiger partial charge in [0, 0.05) is 18.2 Å². The van der Waals surface area contributed by atoms with Crippen molar-refractivity contribution in [2.45, 2.75) is 26.2 Å². The van der Waals surface area contributed by atoms with E-state index < -0.39 is 10.8 Å². The summed E-state index contributed by atoms with van der Waals surface area (Å²) in [6.45, 7) is 6.41. The van der Waals surface area contributed by atoms with Crippen LogP contribution >= 0.6 is 0 Å². The van der Waals surface area contributed by atoms with Crippen molar-refractivity contribution in [2.24, 2.45) is 0 Å². The zero-order valence-corrected chi connectivity index (χ0v) is 15.3. The Labute approximate surface area is 152 Å². The van der Waals surface area contributed by atoms with Crippen molar-refractivity contribution in [1.82, 2.24) is 0 Å². The molecule has 0 saturated heterocycles. The van der Waals surface area contributed by atoms with Crippen LogP contribution in [0.5, 0.6) is 5.75 Å². The first-order valence-corrected chi connectivity index (χ1v) is 8.13. The minimum absolute atomic E-state index is 0.0677. The minimum Gasteiger partial charge on any atom is -0.495 e. The molecule has 0 atom stereocenters. The highest BCUT2D eigenvalue weighted by molar-refractivity contribution is 6.03. The Balaban J connectivity index is 2.12. The number of hydrogen-bond acceptors (Lipinski definition) is 4. The molecule has 1 amide bonds. The van der Waals surface area contributed by atoms with Crippen LogP contribution in [0.25, 0.3) is 6.08 Å². The van der Waals surface area contributed by atoms with E-state index in [1.807, 2.05) is 24.3 Å². The van der Waals surface area contributed by atoms with E-state index in [1.54, 1.807) is 6.08 Å². The number of ether oxygens (including phenoxy) is 1. The molecule has 0 spiro atoms. The van der Waals surface area contributed by atoms with Crippen molar-refractivity contribution >= 4 is 23.4 Å². The topological polar surface area (TPSA) is 81.5 Å². The fourth-order valence-electron chi connectivity index (χ4n) is 2.35. The summed E-state index contributed by atoms with van der Waals surface area (Å²) >= 11 is 0. The number of benzene rings is 2. The molecule has 0 aromatic heterocycles. The van der Waals surface area contributed by atoms with Gasteiger partial charge in [0.25, 0.3) is 5.69 Å². The lowest BCUT2D eigenvalue weighted by molar-refractivity contribution is -0.384. The molecule has 2 rings (SSSR count). The molecule has 0 saturated carbocycles. The third-order valence-corrected chi connectivity index (χ3v) is 3.86. The molecular formula is C20H22N2O4. The van der Waals surface area contributed by atoms with Crippen molar-refractivity contribution in [1.29, 1.82) is 0 Å². The fraction of sp³-hybridized carbons (Fsp3) is 0.250. The Kier molecular flexibility index (Phi) is 5.77. The molecule has 6 heteroatoms. The molecule has 0 heterocycles. The van der Waals surface area contributed by atoms with Crippen molar-refractivity contribution in [3.8, 4) is 5.75 Å². The fourth-order valence-corrected chi connectivity index (χ4v) is 2.35. The summed E-state index contributed by atoms with van der Waals surface area (Å²) < 4.78 is 5.13. The molecule has 0 aliphatic heterocycles. The molecule has 26 heavy (non-hydrogen) atoms. The molecule has 0 bridgehead atoms. The molecule has 2 aromatic rings. The Bertz CT molecular complexity index is 834. The number of carbonyl (C=O) groups excluding carboxylic acids is 1. The predicted octanol–water partition coefficient (Wildman–Crippen LogP) is 4.55. The molecule has 1 N–H and O–H groups in total. The van der Waals surface area contributed by atoms with Crippen LogP contribution in [0.1, 0.15) is 31.9 Å². The normalized spacial score (nSPS) is 11.4. The van der Waals surface area contributed by atoms with E-state index in [1.165, 1.54) is 36.9 Å². The van der Waals surface area contributed by atoms with Gasteiger partial charge in [0.15, 0.2) is 0 Å². The zero-order valence-electron chi connectivity index (χ0n) is 15.3. The lowest BCUT2D eigenvalue weighted by atomic mass is 9.87. The highest BCUT2D eigenvalue weighted by Crippen LogP contribution is 2.29.